The molecule has 0 radical (unpaired) electrons. The van der Waals surface area contributed by atoms with E-state index in [1.165, 1.54) is 43.4 Å². The zero-order valence-corrected chi connectivity index (χ0v) is 12.1. The molecule has 0 aliphatic heterocycles. The molecule has 1 aromatic heterocycles. The molecule has 1 unspecified atom stereocenters. The monoisotopic (exact) mass is 249 g/mol. The molecule has 0 aromatic carbocycles. The van der Waals surface area contributed by atoms with Gasteiger partial charge in [-0.2, -0.15) is 5.10 Å². The number of nitrogens with zero attached hydrogens (tertiary/aromatic N) is 2. The molecule has 1 aromatic rings. The molecule has 18 heavy (non-hydrogen) atoms. The number of aromatic nitrogens is 2. The van der Waals surface area contributed by atoms with Gasteiger partial charge >= 0.3 is 0 Å². The van der Waals surface area contributed by atoms with Gasteiger partial charge in [-0.25, -0.2) is 0 Å². The van der Waals surface area contributed by atoms with Gasteiger partial charge in [-0.1, -0.05) is 39.5 Å². The normalized spacial score (nSPS) is 18.4. The molecule has 3 nitrogen and oxygen atoms in total. The van der Waals surface area contributed by atoms with Crippen LogP contribution >= 0.6 is 0 Å². The number of aryl methyl sites for hydroxylation is 2. The van der Waals surface area contributed by atoms with Crippen LogP contribution < -0.4 is 5.32 Å². The summed E-state index contributed by atoms with van der Waals surface area (Å²) in [4.78, 5) is 0. The van der Waals surface area contributed by atoms with Crippen molar-refractivity contribution in [1.82, 2.24) is 15.1 Å². The van der Waals surface area contributed by atoms with Crippen LogP contribution in [0.25, 0.3) is 0 Å². The summed E-state index contributed by atoms with van der Waals surface area (Å²) in [6.07, 6.45) is 10.2. The maximum atomic E-state index is 4.58. The average molecular weight is 249 g/mol. The van der Waals surface area contributed by atoms with Gasteiger partial charge in [0.25, 0.3) is 0 Å². The number of nitrogens with one attached hydrogen (secondary N) is 1. The molecule has 0 saturated heterocycles. The van der Waals surface area contributed by atoms with Crippen molar-refractivity contribution >= 4 is 0 Å². The Morgan fingerprint density at radius 2 is 2.11 bits per heavy atom. The summed E-state index contributed by atoms with van der Waals surface area (Å²) in [5, 5.41) is 8.24. The molecule has 0 amide bonds. The van der Waals surface area contributed by atoms with Crippen LogP contribution in [0.3, 0.4) is 0 Å². The van der Waals surface area contributed by atoms with Gasteiger partial charge in [0, 0.05) is 24.8 Å². The van der Waals surface area contributed by atoms with Gasteiger partial charge in [0.05, 0.1) is 5.69 Å². The Morgan fingerprint density at radius 3 is 2.72 bits per heavy atom. The Hall–Kier alpha value is -0.830. The van der Waals surface area contributed by atoms with Gasteiger partial charge in [0.1, 0.15) is 0 Å². The number of rotatable bonds is 6. The molecule has 1 aliphatic rings. The molecule has 1 saturated carbocycles. The SMILES string of the molecule is CCNC(CC1CCCC1)c1cn(C)nc1CC. The van der Waals surface area contributed by atoms with Crippen molar-refractivity contribution in [3.05, 3.63) is 17.5 Å². The predicted molar refractivity (Wildman–Crippen MR) is 75.6 cm³/mol. The van der Waals surface area contributed by atoms with E-state index < -0.39 is 0 Å². The van der Waals surface area contributed by atoms with Gasteiger partial charge in [0.2, 0.25) is 0 Å². The molecule has 0 bridgehead atoms. The average Bonchev–Trinajstić information content (AvgIpc) is 2.97. The minimum atomic E-state index is 0.502. The maximum absolute atomic E-state index is 4.58. The van der Waals surface area contributed by atoms with Gasteiger partial charge in [-0.15, -0.1) is 0 Å². The van der Waals surface area contributed by atoms with E-state index in [1.807, 2.05) is 11.7 Å². The van der Waals surface area contributed by atoms with Crippen LogP contribution in [0, 0.1) is 5.92 Å². The fraction of sp³-hybridized carbons (Fsp3) is 0.800. The van der Waals surface area contributed by atoms with Crippen molar-refractivity contribution in [3.63, 3.8) is 0 Å². The minimum Gasteiger partial charge on any atom is -0.310 e. The summed E-state index contributed by atoms with van der Waals surface area (Å²) in [6, 6.07) is 0.502. The number of hydrogen-bond donors (Lipinski definition) is 1. The molecule has 0 spiro atoms. The summed E-state index contributed by atoms with van der Waals surface area (Å²) in [7, 11) is 2.03. The van der Waals surface area contributed by atoms with E-state index >= 15 is 0 Å². The lowest BCUT2D eigenvalue weighted by atomic mass is 9.93. The third kappa shape index (κ3) is 3.14. The quantitative estimate of drug-likeness (QED) is 0.839. The van der Waals surface area contributed by atoms with Gasteiger partial charge in [-0.05, 0) is 25.3 Å². The van der Waals surface area contributed by atoms with E-state index in [1.54, 1.807) is 0 Å². The molecule has 102 valence electrons. The zero-order valence-electron chi connectivity index (χ0n) is 12.1. The first kappa shape index (κ1) is 13.6. The summed E-state index contributed by atoms with van der Waals surface area (Å²) in [5.41, 5.74) is 2.69. The second kappa shape index (κ2) is 6.37. The first-order valence-electron chi connectivity index (χ1n) is 7.50. The Balaban J connectivity index is 2.11. The van der Waals surface area contributed by atoms with Gasteiger partial charge < -0.3 is 5.32 Å². The standard InChI is InChI=1S/C15H27N3/c1-4-14-13(11-18(3)17-14)15(16-5-2)10-12-8-6-7-9-12/h11-12,15-16H,4-10H2,1-3H3. The molecule has 3 heteroatoms. The minimum absolute atomic E-state index is 0.502. The lowest BCUT2D eigenvalue weighted by Gasteiger charge is -2.21. The third-order valence-corrected chi connectivity index (χ3v) is 4.14. The smallest absolute Gasteiger partial charge is 0.0669 e. The largest absolute Gasteiger partial charge is 0.310 e. The van der Waals surface area contributed by atoms with Crippen molar-refractivity contribution in [1.29, 1.82) is 0 Å². The molecule has 1 aliphatic carbocycles. The Kier molecular flexibility index (Phi) is 4.81. The van der Waals surface area contributed by atoms with Crippen LogP contribution in [0.5, 0.6) is 0 Å². The Labute approximate surface area is 111 Å². The van der Waals surface area contributed by atoms with E-state index in [0.717, 1.165) is 18.9 Å². The zero-order chi connectivity index (χ0) is 13.0. The molecule has 1 fully saturated rings. The van der Waals surface area contributed by atoms with Crippen LogP contribution in [0.2, 0.25) is 0 Å². The van der Waals surface area contributed by atoms with Crippen molar-refractivity contribution in [2.24, 2.45) is 13.0 Å². The highest BCUT2D eigenvalue weighted by Crippen LogP contribution is 2.33. The van der Waals surface area contributed by atoms with Crippen LogP contribution in [-0.2, 0) is 13.5 Å². The molecule has 1 atom stereocenters. The predicted octanol–water partition coefficient (Wildman–Crippen LogP) is 3.21. The highest BCUT2D eigenvalue weighted by molar-refractivity contribution is 5.21. The van der Waals surface area contributed by atoms with E-state index in [9.17, 15) is 0 Å². The lowest BCUT2D eigenvalue weighted by Crippen LogP contribution is -2.23. The summed E-state index contributed by atoms with van der Waals surface area (Å²) < 4.78 is 1.97. The second-order valence-electron chi connectivity index (χ2n) is 5.55. The molecular formula is C15H27N3. The van der Waals surface area contributed by atoms with Crippen molar-refractivity contribution in [2.75, 3.05) is 6.54 Å². The fourth-order valence-electron chi connectivity index (χ4n) is 3.26. The summed E-state index contributed by atoms with van der Waals surface area (Å²) in [6.45, 7) is 5.43. The van der Waals surface area contributed by atoms with E-state index in [2.05, 4.69) is 30.5 Å². The van der Waals surface area contributed by atoms with E-state index in [4.69, 9.17) is 0 Å². The summed E-state index contributed by atoms with van der Waals surface area (Å²) in [5.74, 6) is 0.916. The van der Waals surface area contributed by atoms with Gasteiger partial charge in [0.15, 0.2) is 0 Å². The molecule has 1 heterocycles. The molecule has 2 rings (SSSR count). The van der Waals surface area contributed by atoms with Crippen LogP contribution in [0.15, 0.2) is 6.20 Å². The van der Waals surface area contributed by atoms with Crippen molar-refractivity contribution in [2.45, 2.75) is 58.4 Å². The topological polar surface area (TPSA) is 29.9 Å². The maximum Gasteiger partial charge on any atom is 0.0669 e. The third-order valence-electron chi connectivity index (χ3n) is 4.14. The first-order chi connectivity index (χ1) is 8.74. The van der Waals surface area contributed by atoms with E-state index in [-0.39, 0.29) is 0 Å². The Morgan fingerprint density at radius 1 is 1.39 bits per heavy atom. The summed E-state index contributed by atoms with van der Waals surface area (Å²) >= 11 is 0. The van der Waals surface area contributed by atoms with Crippen LogP contribution in [0.1, 0.15) is 63.3 Å². The first-order valence-corrected chi connectivity index (χ1v) is 7.50. The molecular weight excluding hydrogens is 222 g/mol. The highest BCUT2D eigenvalue weighted by Gasteiger charge is 2.23. The second-order valence-corrected chi connectivity index (χ2v) is 5.55. The van der Waals surface area contributed by atoms with Crippen molar-refractivity contribution < 1.29 is 0 Å². The van der Waals surface area contributed by atoms with Crippen LogP contribution in [-0.4, -0.2) is 16.3 Å². The fourth-order valence-corrected chi connectivity index (χ4v) is 3.26. The number of hydrogen-bond acceptors (Lipinski definition) is 2. The molecule has 1 N–H and O–H groups in total. The van der Waals surface area contributed by atoms with Crippen molar-refractivity contribution in [3.8, 4) is 0 Å². The van der Waals surface area contributed by atoms with Crippen LogP contribution in [0.4, 0.5) is 0 Å². The highest BCUT2D eigenvalue weighted by atomic mass is 15.3. The Bertz CT molecular complexity index is 364. The van der Waals surface area contributed by atoms with E-state index in [0.29, 0.717) is 6.04 Å². The van der Waals surface area contributed by atoms with Gasteiger partial charge in [-0.3, -0.25) is 4.68 Å². The lowest BCUT2D eigenvalue weighted by molar-refractivity contribution is 0.399.